The molecule has 2 rings (SSSR count). The fourth-order valence-corrected chi connectivity index (χ4v) is 4.18. The monoisotopic (exact) mass is 424 g/mol. The number of hydrogen-bond donors (Lipinski definition) is 2. The van der Waals surface area contributed by atoms with Crippen molar-refractivity contribution < 1.29 is 14.6 Å². The van der Waals surface area contributed by atoms with Crippen LogP contribution in [0.2, 0.25) is 5.02 Å². The number of likely N-dealkylation sites (tertiary alicyclic amines) is 1. The number of aliphatic hydroxyl groups is 1. The average Bonchev–Trinajstić information content (AvgIpc) is 3.22. The van der Waals surface area contributed by atoms with Crippen molar-refractivity contribution in [2.24, 2.45) is 0 Å². The van der Waals surface area contributed by atoms with Gasteiger partial charge in [0, 0.05) is 13.0 Å². The molecule has 1 saturated heterocycles. The summed E-state index contributed by atoms with van der Waals surface area (Å²) in [5.41, 5.74) is 0.694. The van der Waals surface area contributed by atoms with E-state index in [4.69, 9.17) is 16.3 Å². The van der Waals surface area contributed by atoms with Crippen LogP contribution in [0.5, 0.6) is 5.75 Å². The lowest BCUT2D eigenvalue weighted by molar-refractivity contribution is -0.123. The first-order valence-corrected chi connectivity index (χ1v) is 11.5. The number of hydrogen-bond acceptors (Lipinski definition) is 4. The van der Waals surface area contributed by atoms with Crippen LogP contribution in [0, 0.1) is 0 Å². The molecule has 1 amide bonds. The predicted octanol–water partition coefficient (Wildman–Crippen LogP) is 4.71. The molecular weight excluding hydrogens is 388 g/mol. The number of carbonyl (C=O) groups is 1. The molecule has 1 aliphatic heterocycles. The Hall–Kier alpha value is -1.30. The summed E-state index contributed by atoms with van der Waals surface area (Å²) in [5, 5.41) is 14.6. The van der Waals surface area contributed by atoms with Crippen LogP contribution in [0.3, 0.4) is 0 Å². The number of nitrogens with zero attached hydrogens (tertiary/aromatic N) is 1. The molecule has 1 aliphatic rings. The molecule has 0 spiro atoms. The molecule has 2 N–H and O–H groups in total. The third kappa shape index (κ3) is 8.15. The van der Waals surface area contributed by atoms with Crippen molar-refractivity contribution >= 4 is 17.5 Å². The van der Waals surface area contributed by atoms with Gasteiger partial charge in [0.25, 0.3) is 0 Å². The highest BCUT2D eigenvalue weighted by Gasteiger charge is 2.27. The van der Waals surface area contributed by atoms with Gasteiger partial charge in [0.2, 0.25) is 5.91 Å². The van der Waals surface area contributed by atoms with Gasteiger partial charge in [-0.15, -0.1) is 0 Å². The summed E-state index contributed by atoms with van der Waals surface area (Å²) < 4.78 is 5.20. The number of benzene rings is 1. The number of halogens is 1. The molecule has 2 atom stereocenters. The van der Waals surface area contributed by atoms with Crippen molar-refractivity contribution in [3.05, 3.63) is 28.8 Å². The Morgan fingerprint density at radius 1 is 1.21 bits per heavy atom. The molecule has 1 fully saturated rings. The van der Waals surface area contributed by atoms with E-state index in [1.165, 1.54) is 38.5 Å². The summed E-state index contributed by atoms with van der Waals surface area (Å²) >= 11 is 6.24. The average molecular weight is 425 g/mol. The van der Waals surface area contributed by atoms with Crippen molar-refractivity contribution in [2.45, 2.75) is 76.9 Å². The largest absolute Gasteiger partial charge is 0.495 e. The van der Waals surface area contributed by atoms with Crippen LogP contribution >= 0.6 is 11.6 Å². The van der Waals surface area contributed by atoms with Crippen molar-refractivity contribution in [3.8, 4) is 5.75 Å². The molecular formula is C23H37ClN2O3. The molecule has 5 nitrogen and oxygen atoms in total. The fourth-order valence-electron chi connectivity index (χ4n) is 3.91. The zero-order valence-electron chi connectivity index (χ0n) is 18.0. The van der Waals surface area contributed by atoms with Gasteiger partial charge in [-0.3, -0.25) is 4.79 Å². The highest BCUT2D eigenvalue weighted by Crippen LogP contribution is 2.29. The van der Waals surface area contributed by atoms with E-state index in [-0.39, 0.29) is 11.9 Å². The maximum atomic E-state index is 12.5. The van der Waals surface area contributed by atoms with Crippen LogP contribution in [-0.4, -0.2) is 48.7 Å². The summed E-state index contributed by atoms with van der Waals surface area (Å²) in [6.07, 6.45) is 8.94. The highest BCUT2D eigenvalue weighted by atomic mass is 35.5. The van der Waals surface area contributed by atoms with E-state index in [0.29, 0.717) is 29.3 Å². The molecule has 164 valence electrons. The second-order valence-corrected chi connectivity index (χ2v) is 8.45. The Labute approximate surface area is 180 Å². The van der Waals surface area contributed by atoms with Gasteiger partial charge in [0.15, 0.2) is 0 Å². The number of carbonyl (C=O) groups excluding carboxylic acids is 1. The molecule has 0 aliphatic carbocycles. The summed E-state index contributed by atoms with van der Waals surface area (Å²) in [5.74, 6) is 0.592. The minimum Gasteiger partial charge on any atom is -0.495 e. The molecule has 29 heavy (non-hydrogen) atoms. The van der Waals surface area contributed by atoms with E-state index in [1.807, 2.05) is 6.07 Å². The quantitative estimate of drug-likeness (QED) is 0.450. The van der Waals surface area contributed by atoms with Gasteiger partial charge in [-0.25, -0.2) is 0 Å². The number of ether oxygens (including phenoxy) is 1. The van der Waals surface area contributed by atoms with E-state index >= 15 is 0 Å². The van der Waals surface area contributed by atoms with Gasteiger partial charge in [0.05, 0.1) is 18.2 Å². The van der Waals surface area contributed by atoms with Crippen LogP contribution in [0.1, 0.15) is 76.4 Å². The van der Waals surface area contributed by atoms with Gasteiger partial charge >= 0.3 is 0 Å². The topological polar surface area (TPSA) is 61.8 Å². The van der Waals surface area contributed by atoms with Gasteiger partial charge in [0.1, 0.15) is 11.9 Å². The Bertz CT molecular complexity index is 620. The first-order chi connectivity index (χ1) is 14.0. The number of nitrogens with one attached hydrogen (secondary N) is 1. The normalized spacial score (nSPS) is 16.6. The van der Waals surface area contributed by atoms with Crippen LogP contribution in [-0.2, 0) is 4.79 Å². The molecule has 0 aromatic heterocycles. The lowest BCUT2D eigenvalue weighted by Gasteiger charge is -2.29. The van der Waals surface area contributed by atoms with E-state index in [9.17, 15) is 9.90 Å². The molecule has 1 aromatic carbocycles. The van der Waals surface area contributed by atoms with Gasteiger partial charge < -0.3 is 20.1 Å². The summed E-state index contributed by atoms with van der Waals surface area (Å²) in [6.45, 7) is 4.88. The van der Waals surface area contributed by atoms with Gasteiger partial charge in [-0.2, -0.15) is 0 Å². The molecule has 6 heteroatoms. The summed E-state index contributed by atoms with van der Waals surface area (Å²) in [4.78, 5) is 14.8. The zero-order chi connectivity index (χ0) is 21.1. The Balaban J connectivity index is 1.94. The van der Waals surface area contributed by atoms with Gasteiger partial charge in [-0.1, -0.05) is 56.7 Å². The van der Waals surface area contributed by atoms with Crippen LogP contribution < -0.4 is 10.1 Å². The van der Waals surface area contributed by atoms with Crippen LogP contribution in [0.25, 0.3) is 0 Å². The minimum absolute atomic E-state index is 0.0170. The van der Waals surface area contributed by atoms with E-state index in [1.54, 1.807) is 19.2 Å². The number of aliphatic hydroxyl groups excluding tert-OH is 1. The Kier molecular flexibility index (Phi) is 10.8. The fraction of sp³-hybridized carbons (Fsp3) is 0.696. The zero-order valence-corrected chi connectivity index (χ0v) is 18.7. The Morgan fingerprint density at radius 3 is 2.55 bits per heavy atom. The summed E-state index contributed by atoms with van der Waals surface area (Å²) in [6, 6.07) is 4.94. The number of methoxy groups -OCH3 is 1. The molecule has 1 heterocycles. The third-order valence-corrected chi connectivity index (χ3v) is 5.95. The van der Waals surface area contributed by atoms with Crippen molar-refractivity contribution in [1.29, 1.82) is 0 Å². The number of amides is 1. The SMILES string of the molecule is CCCCCCCCC(=O)N[C@H](CN1CCCC1)[C@H](O)c1ccc(OC)c(Cl)c1. The summed E-state index contributed by atoms with van der Waals surface area (Å²) in [7, 11) is 1.57. The second-order valence-electron chi connectivity index (χ2n) is 8.04. The number of unbranched alkanes of at least 4 members (excludes halogenated alkanes) is 5. The number of rotatable bonds is 13. The molecule has 1 aromatic rings. The lowest BCUT2D eigenvalue weighted by Crippen LogP contribution is -2.46. The first kappa shape index (κ1) is 24.0. The predicted molar refractivity (Wildman–Crippen MR) is 119 cm³/mol. The molecule has 0 radical (unpaired) electrons. The minimum atomic E-state index is -0.812. The van der Waals surface area contributed by atoms with E-state index in [2.05, 4.69) is 17.1 Å². The first-order valence-electron chi connectivity index (χ1n) is 11.1. The Morgan fingerprint density at radius 2 is 1.90 bits per heavy atom. The van der Waals surface area contributed by atoms with Crippen molar-refractivity contribution in [3.63, 3.8) is 0 Å². The van der Waals surface area contributed by atoms with E-state index < -0.39 is 6.10 Å². The van der Waals surface area contributed by atoms with Crippen LogP contribution in [0.15, 0.2) is 18.2 Å². The van der Waals surface area contributed by atoms with Crippen molar-refractivity contribution in [2.75, 3.05) is 26.7 Å². The molecule has 0 unspecified atom stereocenters. The second kappa shape index (κ2) is 13.1. The molecule has 0 bridgehead atoms. The van der Waals surface area contributed by atoms with E-state index in [0.717, 1.165) is 25.9 Å². The lowest BCUT2D eigenvalue weighted by atomic mass is 10.0. The standard InChI is InChI=1S/C23H37ClN2O3/c1-3-4-5-6-7-8-11-22(27)25-20(17-26-14-9-10-15-26)23(28)18-12-13-21(29-2)19(24)16-18/h12-13,16,20,23,28H,3-11,14-15,17H2,1-2H3,(H,25,27)/t20-,23-/m1/s1. The maximum absolute atomic E-state index is 12.5. The third-order valence-electron chi connectivity index (χ3n) is 5.66. The maximum Gasteiger partial charge on any atom is 0.220 e. The molecule has 0 saturated carbocycles. The van der Waals surface area contributed by atoms with Crippen molar-refractivity contribution in [1.82, 2.24) is 10.2 Å². The smallest absolute Gasteiger partial charge is 0.220 e. The van der Waals surface area contributed by atoms with Gasteiger partial charge in [-0.05, 0) is 50.0 Å². The van der Waals surface area contributed by atoms with Crippen LogP contribution in [0.4, 0.5) is 0 Å². The highest BCUT2D eigenvalue weighted by molar-refractivity contribution is 6.32.